The number of non-ortho nitro benzene ring substituents is 1. The molecule has 1 aliphatic rings. The molecule has 2 N–H and O–H groups in total. The van der Waals surface area contributed by atoms with E-state index in [2.05, 4.69) is 15.8 Å². The molecular weight excluding hydrogens is 454 g/mol. The zero-order valence-corrected chi connectivity index (χ0v) is 19.4. The molecule has 1 heterocycles. The van der Waals surface area contributed by atoms with Gasteiger partial charge in [0.15, 0.2) is 5.76 Å². The summed E-state index contributed by atoms with van der Waals surface area (Å²) in [5, 5.41) is 29.6. The zero-order valence-electron chi connectivity index (χ0n) is 19.4. The maximum Gasteiger partial charge on any atom is 0.301 e. The van der Waals surface area contributed by atoms with Crippen LogP contribution in [0.15, 0.2) is 45.9 Å². The van der Waals surface area contributed by atoms with Crippen molar-refractivity contribution in [2.75, 3.05) is 10.7 Å². The average molecular weight is 477 g/mol. The molecule has 0 unspecified atom stereocenters. The summed E-state index contributed by atoms with van der Waals surface area (Å²) in [6, 6.07) is 9.08. The van der Waals surface area contributed by atoms with Gasteiger partial charge in [0.2, 0.25) is 0 Å². The summed E-state index contributed by atoms with van der Waals surface area (Å²) in [4.78, 5) is 34.0. The molecule has 4 rings (SSSR count). The quantitative estimate of drug-likeness (QED) is 0.355. The molecule has 11 nitrogen and oxygen atoms in total. The molecule has 0 saturated carbocycles. The number of fused-ring (bicyclic) bond motifs is 1. The molecule has 0 aliphatic heterocycles. The molecule has 1 amide bonds. The first kappa shape index (κ1) is 23.6. The van der Waals surface area contributed by atoms with E-state index in [-0.39, 0.29) is 23.0 Å². The van der Waals surface area contributed by atoms with Gasteiger partial charge in [0.1, 0.15) is 11.4 Å². The number of nitro groups is 2. The summed E-state index contributed by atoms with van der Waals surface area (Å²) in [7, 11) is 0. The number of anilines is 2. The van der Waals surface area contributed by atoms with E-state index in [0.29, 0.717) is 41.1 Å². The van der Waals surface area contributed by atoms with Gasteiger partial charge in [-0.05, 0) is 56.9 Å². The molecule has 2 aromatic carbocycles. The van der Waals surface area contributed by atoms with Crippen molar-refractivity contribution in [3.05, 3.63) is 90.4 Å². The van der Waals surface area contributed by atoms with Crippen molar-refractivity contribution < 1.29 is 19.1 Å². The summed E-state index contributed by atoms with van der Waals surface area (Å²) >= 11 is 0. The van der Waals surface area contributed by atoms with Crippen LogP contribution in [0.3, 0.4) is 0 Å². The van der Waals surface area contributed by atoms with E-state index in [1.807, 2.05) is 32.0 Å². The highest BCUT2D eigenvalue weighted by molar-refractivity contribution is 6.09. The van der Waals surface area contributed by atoms with Crippen molar-refractivity contribution in [2.45, 2.75) is 40.0 Å². The number of nitro benzene ring substituents is 2. The molecule has 0 radical (unpaired) electrons. The molecular formula is C24H23N5O6. The monoisotopic (exact) mass is 477 g/mol. The Kier molecular flexibility index (Phi) is 6.32. The third kappa shape index (κ3) is 4.74. The number of carbonyl (C=O) groups excluding carboxylic acids is 1. The SMILES string of the molecule is Cc1ccc(C)c(NC(=O)c2oc3c(c2C)/C(=N/Nc2ccc([N+](=O)[O-])cc2[N+](=O)[O-])CCC3)c1. The van der Waals surface area contributed by atoms with Crippen molar-refractivity contribution in [1.82, 2.24) is 0 Å². The lowest BCUT2D eigenvalue weighted by molar-refractivity contribution is -0.393. The summed E-state index contributed by atoms with van der Waals surface area (Å²) in [5.41, 5.74) is 6.39. The van der Waals surface area contributed by atoms with Gasteiger partial charge < -0.3 is 9.73 Å². The molecule has 1 aromatic heterocycles. The van der Waals surface area contributed by atoms with E-state index in [1.54, 1.807) is 6.92 Å². The van der Waals surface area contributed by atoms with Crippen molar-refractivity contribution in [2.24, 2.45) is 5.10 Å². The van der Waals surface area contributed by atoms with E-state index in [0.717, 1.165) is 23.6 Å². The summed E-state index contributed by atoms with van der Waals surface area (Å²) in [6.07, 6.45) is 1.92. The van der Waals surface area contributed by atoms with Crippen molar-refractivity contribution >= 4 is 34.4 Å². The zero-order chi connectivity index (χ0) is 25.3. The van der Waals surface area contributed by atoms with Crippen molar-refractivity contribution in [3.63, 3.8) is 0 Å². The van der Waals surface area contributed by atoms with Crippen LogP contribution < -0.4 is 10.7 Å². The van der Waals surface area contributed by atoms with Gasteiger partial charge in [0.25, 0.3) is 11.6 Å². The molecule has 0 atom stereocenters. The number of benzene rings is 2. The molecule has 0 spiro atoms. The Labute approximate surface area is 200 Å². The van der Waals surface area contributed by atoms with Gasteiger partial charge in [-0.2, -0.15) is 5.10 Å². The minimum Gasteiger partial charge on any atom is -0.455 e. The average Bonchev–Trinajstić information content (AvgIpc) is 3.17. The highest BCUT2D eigenvalue weighted by atomic mass is 16.6. The molecule has 1 aliphatic carbocycles. The number of hydrazone groups is 1. The second-order valence-corrected chi connectivity index (χ2v) is 8.37. The predicted octanol–water partition coefficient (Wildman–Crippen LogP) is 5.43. The predicted molar refractivity (Wildman–Crippen MR) is 130 cm³/mol. The van der Waals surface area contributed by atoms with Crippen LogP contribution in [0.5, 0.6) is 0 Å². The first-order valence-electron chi connectivity index (χ1n) is 10.9. The third-order valence-corrected chi connectivity index (χ3v) is 5.87. The van der Waals surface area contributed by atoms with Crippen LogP contribution in [0, 0.1) is 41.0 Å². The maximum absolute atomic E-state index is 13.0. The Hall–Kier alpha value is -4.54. The van der Waals surface area contributed by atoms with Crippen LogP contribution in [-0.2, 0) is 6.42 Å². The minimum absolute atomic E-state index is 0.0225. The van der Waals surface area contributed by atoms with Crippen LogP contribution in [0.2, 0.25) is 0 Å². The van der Waals surface area contributed by atoms with E-state index >= 15 is 0 Å². The lowest BCUT2D eigenvalue weighted by Crippen LogP contribution is -2.15. The molecule has 35 heavy (non-hydrogen) atoms. The normalized spacial score (nSPS) is 13.9. The molecule has 180 valence electrons. The Morgan fingerprint density at radius 1 is 1.00 bits per heavy atom. The Balaban J connectivity index is 1.64. The summed E-state index contributed by atoms with van der Waals surface area (Å²) < 4.78 is 5.92. The van der Waals surface area contributed by atoms with Gasteiger partial charge >= 0.3 is 5.69 Å². The minimum atomic E-state index is -0.708. The van der Waals surface area contributed by atoms with Crippen LogP contribution in [0.4, 0.5) is 22.7 Å². The fraction of sp³-hybridized carbons (Fsp3) is 0.250. The summed E-state index contributed by atoms with van der Waals surface area (Å²) in [5.74, 6) is 0.439. The van der Waals surface area contributed by atoms with Gasteiger partial charge in [-0.15, -0.1) is 0 Å². The summed E-state index contributed by atoms with van der Waals surface area (Å²) in [6.45, 7) is 5.62. The molecule has 0 saturated heterocycles. The molecule has 0 fully saturated rings. The topological polar surface area (TPSA) is 153 Å². The highest BCUT2D eigenvalue weighted by Crippen LogP contribution is 2.32. The van der Waals surface area contributed by atoms with E-state index in [4.69, 9.17) is 4.42 Å². The lowest BCUT2D eigenvalue weighted by atomic mass is 9.93. The number of hydrogen-bond acceptors (Lipinski definition) is 8. The lowest BCUT2D eigenvalue weighted by Gasteiger charge is -2.14. The van der Waals surface area contributed by atoms with Crippen LogP contribution >= 0.6 is 0 Å². The Morgan fingerprint density at radius 2 is 1.77 bits per heavy atom. The first-order chi connectivity index (χ1) is 16.7. The van der Waals surface area contributed by atoms with Crippen LogP contribution in [0.1, 0.15) is 51.4 Å². The molecule has 0 bridgehead atoms. The second kappa shape index (κ2) is 9.37. The standard InChI is InChI=1S/C24H23N5O6/c1-13-7-8-14(2)19(11-13)25-24(30)23-15(3)22-18(5-4-6-21(22)35-23)27-26-17-10-9-16(28(31)32)12-20(17)29(33)34/h7-12,26H,4-6H2,1-3H3,(H,25,30)/b27-18+. The Morgan fingerprint density at radius 3 is 2.49 bits per heavy atom. The number of hydrogen-bond donors (Lipinski definition) is 2. The smallest absolute Gasteiger partial charge is 0.301 e. The molecule has 3 aromatic rings. The molecule has 11 heteroatoms. The number of amides is 1. The van der Waals surface area contributed by atoms with Crippen LogP contribution in [-0.4, -0.2) is 21.5 Å². The largest absolute Gasteiger partial charge is 0.455 e. The van der Waals surface area contributed by atoms with E-state index in [1.165, 1.54) is 12.1 Å². The number of aryl methyl sites for hydroxylation is 3. The van der Waals surface area contributed by atoms with E-state index < -0.39 is 15.5 Å². The first-order valence-corrected chi connectivity index (χ1v) is 10.9. The number of nitrogens with one attached hydrogen (secondary N) is 2. The van der Waals surface area contributed by atoms with E-state index in [9.17, 15) is 25.0 Å². The van der Waals surface area contributed by atoms with Gasteiger partial charge in [0.05, 0.1) is 21.6 Å². The van der Waals surface area contributed by atoms with Gasteiger partial charge in [0, 0.05) is 29.3 Å². The number of rotatable bonds is 6. The highest BCUT2D eigenvalue weighted by Gasteiger charge is 2.28. The maximum atomic E-state index is 13.0. The Bertz CT molecular complexity index is 1390. The number of carbonyl (C=O) groups is 1. The van der Waals surface area contributed by atoms with Crippen molar-refractivity contribution in [3.8, 4) is 0 Å². The van der Waals surface area contributed by atoms with Gasteiger partial charge in [-0.25, -0.2) is 0 Å². The third-order valence-electron chi connectivity index (χ3n) is 5.87. The fourth-order valence-corrected chi connectivity index (χ4v) is 4.05. The number of furan rings is 1. The number of nitrogens with zero attached hydrogens (tertiary/aromatic N) is 3. The fourth-order valence-electron chi connectivity index (χ4n) is 4.05. The van der Waals surface area contributed by atoms with Gasteiger partial charge in [-0.3, -0.25) is 30.4 Å². The van der Waals surface area contributed by atoms with Gasteiger partial charge in [-0.1, -0.05) is 12.1 Å². The van der Waals surface area contributed by atoms with Crippen LogP contribution in [0.25, 0.3) is 0 Å². The second-order valence-electron chi connectivity index (χ2n) is 8.37. The van der Waals surface area contributed by atoms with Crippen molar-refractivity contribution in [1.29, 1.82) is 0 Å².